The van der Waals surface area contributed by atoms with Crippen LogP contribution in [0.3, 0.4) is 0 Å². The highest BCUT2D eigenvalue weighted by atomic mass is 32.2. The van der Waals surface area contributed by atoms with Crippen LogP contribution in [0.4, 0.5) is 0 Å². The lowest BCUT2D eigenvalue weighted by atomic mass is 10.2. The summed E-state index contributed by atoms with van der Waals surface area (Å²) in [5.74, 6) is 0.984. The smallest absolute Gasteiger partial charge is 0.175 e. The van der Waals surface area contributed by atoms with E-state index >= 15 is 0 Å². The molecule has 19 heavy (non-hydrogen) atoms. The van der Waals surface area contributed by atoms with E-state index in [4.69, 9.17) is 9.84 Å². The van der Waals surface area contributed by atoms with Crippen LogP contribution in [0, 0.1) is 0 Å². The van der Waals surface area contributed by atoms with Gasteiger partial charge in [-0.2, -0.15) is 0 Å². The second-order valence-corrected chi connectivity index (χ2v) is 6.00. The molecule has 6 heteroatoms. The molecule has 0 saturated carbocycles. The van der Waals surface area contributed by atoms with E-state index in [0.29, 0.717) is 17.1 Å². The largest absolute Gasteiger partial charge is 0.457 e. The van der Waals surface area contributed by atoms with Crippen molar-refractivity contribution < 1.29 is 18.3 Å². The molecule has 0 aliphatic carbocycles. The molecule has 0 amide bonds. The van der Waals surface area contributed by atoms with Gasteiger partial charge in [-0.3, -0.25) is 4.98 Å². The normalized spacial score (nSPS) is 11.3. The molecular weight excluding hydrogens is 266 g/mol. The summed E-state index contributed by atoms with van der Waals surface area (Å²) in [4.78, 5) is 4.12. The molecule has 0 aliphatic heterocycles. The molecule has 1 aromatic carbocycles. The van der Waals surface area contributed by atoms with Crippen molar-refractivity contribution in [1.82, 2.24) is 4.98 Å². The lowest BCUT2D eigenvalue weighted by Crippen LogP contribution is -1.97. The highest BCUT2D eigenvalue weighted by Crippen LogP contribution is 2.25. The Morgan fingerprint density at radius 1 is 1.21 bits per heavy atom. The highest BCUT2D eigenvalue weighted by Gasteiger charge is 2.08. The number of rotatable bonds is 4. The van der Waals surface area contributed by atoms with Gasteiger partial charge in [0.25, 0.3) is 0 Å². The summed E-state index contributed by atoms with van der Waals surface area (Å²) in [7, 11) is -3.21. The predicted molar refractivity (Wildman–Crippen MR) is 69.8 cm³/mol. The molecule has 1 heterocycles. The van der Waals surface area contributed by atoms with E-state index in [1.165, 1.54) is 18.3 Å². The van der Waals surface area contributed by atoms with Gasteiger partial charge in [-0.05, 0) is 30.3 Å². The summed E-state index contributed by atoms with van der Waals surface area (Å²) in [5, 5.41) is 9.15. The molecule has 0 saturated heterocycles. The monoisotopic (exact) mass is 279 g/mol. The molecule has 100 valence electrons. The Morgan fingerprint density at radius 3 is 2.47 bits per heavy atom. The van der Waals surface area contributed by atoms with Crippen LogP contribution in [0.15, 0.2) is 47.6 Å². The summed E-state index contributed by atoms with van der Waals surface area (Å²) < 4.78 is 28.2. The molecule has 1 N–H and O–H groups in total. The van der Waals surface area contributed by atoms with Crippen LogP contribution in [0.2, 0.25) is 0 Å². The molecule has 2 rings (SSSR count). The highest BCUT2D eigenvalue weighted by molar-refractivity contribution is 7.90. The number of nitrogens with zero attached hydrogens (tertiary/aromatic N) is 1. The van der Waals surface area contributed by atoms with Gasteiger partial charge in [0.05, 0.1) is 11.5 Å². The number of hydrogen-bond donors (Lipinski definition) is 1. The lowest BCUT2D eigenvalue weighted by molar-refractivity contribution is 0.276. The Hall–Kier alpha value is -1.92. The number of pyridine rings is 1. The Kier molecular flexibility index (Phi) is 3.82. The summed E-state index contributed by atoms with van der Waals surface area (Å²) in [6.07, 6.45) is 4.22. The third-order valence-corrected chi connectivity index (χ3v) is 3.64. The summed E-state index contributed by atoms with van der Waals surface area (Å²) in [5.41, 5.74) is 0.565. The fourth-order valence-corrected chi connectivity index (χ4v) is 2.15. The average molecular weight is 279 g/mol. The molecule has 0 atom stereocenters. The molecule has 1 aromatic heterocycles. The van der Waals surface area contributed by atoms with Crippen LogP contribution < -0.4 is 4.74 Å². The maximum absolute atomic E-state index is 11.3. The Bertz CT molecular complexity index is 665. The minimum Gasteiger partial charge on any atom is -0.457 e. The van der Waals surface area contributed by atoms with Crippen LogP contribution in [0.25, 0.3) is 0 Å². The molecule has 0 fully saturated rings. The van der Waals surface area contributed by atoms with Crippen molar-refractivity contribution in [3.63, 3.8) is 0 Å². The molecule has 5 nitrogen and oxygen atoms in total. The number of aliphatic hydroxyl groups excluding tert-OH is 1. The standard InChI is InChI=1S/C13H13NO4S/c1-19(16,17)12-4-2-11(3-5-12)18-13-6-7-14-8-10(13)9-15/h2-8,15H,9H2,1H3. The van der Waals surface area contributed by atoms with Crippen LogP contribution in [-0.4, -0.2) is 24.8 Å². The first-order valence-corrected chi connectivity index (χ1v) is 7.41. The fraction of sp³-hybridized carbons (Fsp3) is 0.154. The van der Waals surface area contributed by atoms with E-state index in [1.807, 2.05) is 0 Å². The molecule has 0 bridgehead atoms. The van der Waals surface area contributed by atoms with Crippen LogP contribution >= 0.6 is 0 Å². The maximum atomic E-state index is 11.3. The van der Waals surface area contributed by atoms with E-state index in [2.05, 4.69) is 4.98 Å². The molecule has 2 aromatic rings. The number of hydrogen-bond acceptors (Lipinski definition) is 5. The van der Waals surface area contributed by atoms with Gasteiger partial charge in [0.1, 0.15) is 11.5 Å². The van der Waals surface area contributed by atoms with Crippen molar-refractivity contribution in [2.24, 2.45) is 0 Å². The third-order valence-electron chi connectivity index (χ3n) is 2.51. The van der Waals surface area contributed by atoms with Crippen LogP contribution in [0.5, 0.6) is 11.5 Å². The fourth-order valence-electron chi connectivity index (χ4n) is 1.51. The minimum atomic E-state index is -3.21. The van der Waals surface area contributed by atoms with E-state index in [1.54, 1.807) is 24.4 Å². The molecule has 0 radical (unpaired) electrons. The number of aromatic nitrogens is 1. The summed E-state index contributed by atoms with van der Waals surface area (Å²) >= 11 is 0. The van der Waals surface area contributed by atoms with Crippen LogP contribution in [-0.2, 0) is 16.4 Å². The number of aliphatic hydroxyl groups is 1. The first-order chi connectivity index (χ1) is 9.00. The zero-order chi connectivity index (χ0) is 13.9. The summed E-state index contributed by atoms with van der Waals surface area (Å²) in [6.45, 7) is -0.176. The number of ether oxygens (including phenoxy) is 1. The van der Waals surface area contributed by atoms with E-state index in [9.17, 15) is 8.42 Å². The molecule has 0 aliphatic rings. The number of benzene rings is 1. The average Bonchev–Trinajstić information content (AvgIpc) is 2.39. The Balaban J connectivity index is 2.25. The van der Waals surface area contributed by atoms with Crippen molar-refractivity contribution in [1.29, 1.82) is 0 Å². The predicted octanol–water partition coefficient (Wildman–Crippen LogP) is 1.77. The zero-order valence-corrected chi connectivity index (χ0v) is 11.1. The maximum Gasteiger partial charge on any atom is 0.175 e. The van der Waals surface area contributed by atoms with Gasteiger partial charge in [0, 0.05) is 24.2 Å². The topological polar surface area (TPSA) is 76.5 Å². The van der Waals surface area contributed by atoms with Gasteiger partial charge in [-0.25, -0.2) is 8.42 Å². The van der Waals surface area contributed by atoms with Gasteiger partial charge in [-0.15, -0.1) is 0 Å². The lowest BCUT2D eigenvalue weighted by Gasteiger charge is -2.09. The minimum absolute atomic E-state index is 0.176. The van der Waals surface area contributed by atoms with Crippen molar-refractivity contribution in [3.8, 4) is 11.5 Å². The van der Waals surface area contributed by atoms with Gasteiger partial charge < -0.3 is 9.84 Å². The first kappa shape index (κ1) is 13.5. The summed E-state index contributed by atoms with van der Waals surface area (Å²) in [6, 6.07) is 7.72. The second-order valence-electron chi connectivity index (χ2n) is 3.99. The molecule has 0 unspecified atom stereocenters. The first-order valence-electron chi connectivity index (χ1n) is 5.52. The molecular formula is C13H13NO4S. The number of sulfone groups is 1. The van der Waals surface area contributed by atoms with Gasteiger partial charge in [-0.1, -0.05) is 0 Å². The van der Waals surface area contributed by atoms with Crippen molar-refractivity contribution in [2.45, 2.75) is 11.5 Å². The SMILES string of the molecule is CS(=O)(=O)c1ccc(Oc2ccncc2CO)cc1. The third kappa shape index (κ3) is 3.30. The van der Waals surface area contributed by atoms with Crippen LogP contribution in [0.1, 0.15) is 5.56 Å². The van der Waals surface area contributed by atoms with Crippen molar-refractivity contribution >= 4 is 9.84 Å². The van der Waals surface area contributed by atoms with Crippen molar-refractivity contribution in [2.75, 3.05) is 6.26 Å². The van der Waals surface area contributed by atoms with E-state index in [-0.39, 0.29) is 11.5 Å². The van der Waals surface area contributed by atoms with E-state index < -0.39 is 9.84 Å². The second kappa shape index (κ2) is 5.38. The van der Waals surface area contributed by atoms with Gasteiger partial charge in [0.2, 0.25) is 0 Å². The quantitative estimate of drug-likeness (QED) is 0.923. The van der Waals surface area contributed by atoms with E-state index in [0.717, 1.165) is 6.26 Å². The zero-order valence-electron chi connectivity index (χ0n) is 10.3. The van der Waals surface area contributed by atoms with Crippen molar-refractivity contribution in [3.05, 3.63) is 48.3 Å². The van der Waals surface area contributed by atoms with Gasteiger partial charge in [0.15, 0.2) is 9.84 Å². The Morgan fingerprint density at radius 2 is 1.89 bits per heavy atom. The molecule has 0 spiro atoms. The Labute approximate surface area is 111 Å². The van der Waals surface area contributed by atoms with Gasteiger partial charge >= 0.3 is 0 Å².